The van der Waals surface area contributed by atoms with Crippen LogP contribution in [0.3, 0.4) is 0 Å². The van der Waals surface area contributed by atoms with E-state index >= 15 is 0 Å². The van der Waals surface area contributed by atoms with E-state index < -0.39 is 0 Å². The van der Waals surface area contributed by atoms with Gasteiger partial charge in [0.25, 0.3) is 11.8 Å². The van der Waals surface area contributed by atoms with Gasteiger partial charge in [-0.1, -0.05) is 42.5 Å². The molecular formula is C22H16N2O2. The number of anilines is 1. The van der Waals surface area contributed by atoms with Crippen molar-refractivity contribution in [2.75, 3.05) is 5.32 Å². The quantitative estimate of drug-likeness (QED) is 0.593. The molecule has 0 bridgehead atoms. The van der Waals surface area contributed by atoms with Crippen LogP contribution in [0.4, 0.5) is 5.69 Å². The second-order valence-electron chi connectivity index (χ2n) is 5.92. The van der Waals surface area contributed by atoms with E-state index in [1.807, 2.05) is 60.7 Å². The van der Waals surface area contributed by atoms with Gasteiger partial charge in [-0.05, 0) is 42.5 Å². The first-order valence-corrected chi connectivity index (χ1v) is 8.30. The third kappa shape index (κ3) is 2.89. The first kappa shape index (κ1) is 15.8. The van der Waals surface area contributed by atoms with Gasteiger partial charge in [0, 0.05) is 22.7 Å². The lowest BCUT2D eigenvalue weighted by Crippen LogP contribution is -2.12. The van der Waals surface area contributed by atoms with Crippen LogP contribution in [-0.4, -0.2) is 16.4 Å². The molecular weight excluding hydrogens is 324 g/mol. The summed E-state index contributed by atoms with van der Waals surface area (Å²) < 4.78 is 1.60. The van der Waals surface area contributed by atoms with E-state index in [-0.39, 0.29) is 11.8 Å². The molecule has 4 nitrogen and oxygen atoms in total. The van der Waals surface area contributed by atoms with Crippen LogP contribution >= 0.6 is 0 Å². The Morgan fingerprint density at radius 1 is 0.692 bits per heavy atom. The first-order chi connectivity index (χ1) is 12.7. The summed E-state index contributed by atoms with van der Waals surface area (Å²) in [5.74, 6) is -0.285. The Morgan fingerprint density at radius 3 is 2.04 bits per heavy atom. The summed E-state index contributed by atoms with van der Waals surface area (Å²) in [6, 6.07) is 25.5. The van der Waals surface area contributed by atoms with Crippen molar-refractivity contribution >= 4 is 28.4 Å². The molecule has 0 saturated heterocycles. The number of carbonyl (C=O) groups excluding carboxylic acids is 2. The molecule has 1 N–H and O–H groups in total. The van der Waals surface area contributed by atoms with Crippen LogP contribution in [0, 0.1) is 0 Å². The summed E-state index contributed by atoms with van der Waals surface area (Å²) in [5.41, 5.74) is 2.63. The van der Waals surface area contributed by atoms with Crippen LogP contribution in [0.25, 0.3) is 10.9 Å². The molecule has 126 valence electrons. The van der Waals surface area contributed by atoms with Gasteiger partial charge in [-0.15, -0.1) is 0 Å². The fourth-order valence-electron chi connectivity index (χ4n) is 2.96. The van der Waals surface area contributed by atoms with Gasteiger partial charge in [-0.3, -0.25) is 14.2 Å². The molecule has 4 rings (SSSR count). The zero-order chi connectivity index (χ0) is 17.9. The van der Waals surface area contributed by atoms with E-state index in [4.69, 9.17) is 0 Å². The number of aromatic nitrogens is 1. The average Bonchev–Trinajstić information content (AvgIpc) is 3.14. The Labute approximate surface area is 150 Å². The number of fused-ring (bicyclic) bond motifs is 1. The predicted molar refractivity (Wildman–Crippen MR) is 103 cm³/mol. The molecule has 0 aliphatic heterocycles. The summed E-state index contributed by atoms with van der Waals surface area (Å²) in [6.45, 7) is 0. The van der Waals surface area contributed by atoms with E-state index in [0.29, 0.717) is 16.8 Å². The van der Waals surface area contributed by atoms with Crippen molar-refractivity contribution in [2.24, 2.45) is 0 Å². The van der Waals surface area contributed by atoms with Crippen molar-refractivity contribution < 1.29 is 9.59 Å². The van der Waals surface area contributed by atoms with Crippen LogP contribution in [0.2, 0.25) is 0 Å². The largest absolute Gasteiger partial charge is 0.321 e. The Bertz CT molecular complexity index is 1080. The van der Waals surface area contributed by atoms with Gasteiger partial charge >= 0.3 is 0 Å². The van der Waals surface area contributed by atoms with Crippen LogP contribution in [0.5, 0.6) is 0 Å². The van der Waals surface area contributed by atoms with E-state index in [0.717, 1.165) is 10.9 Å². The summed E-state index contributed by atoms with van der Waals surface area (Å²) in [7, 11) is 0. The van der Waals surface area contributed by atoms with Crippen molar-refractivity contribution in [3.8, 4) is 0 Å². The molecule has 4 aromatic rings. The van der Waals surface area contributed by atoms with Gasteiger partial charge in [0.1, 0.15) is 0 Å². The maximum Gasteiger partial charge on any atom is 0.262 e. The molecule has 1 aromatic heterocycles. The molecule has 4 heteroatoms. The molecule has 0 aliphatic carbocycles. The molecule has 0 saturated carbocycles. The molecule has 0 fully saturated rings. The van der Waals surface area contributed by atoms with Crippen LogP contribution in [0.1, 0.15) is 20.7 Å². The highest BCUT2D eigenvalue weighted by Crippen LogP contribution is 2.25. The van der Waals surface area contributed by atoms with Gasteiger partial charge in [0.15, 0.2) is 0 Å². The smallest absolute Gasteiger partial charge is 0.262 e. The van der Waals surface area contributed by atoms with Crippen LogP contribution in [0.15, 0.2) is 91.1 Å². The Balaban J connectivity index is 1.70. The Morgan fingerprint density at radius 2 is 1.35 bits per heavy atom. The van der Waals surface area contributed by atoms with E-state index in [1.165, 1.54) is 0 Å². The first-order valence-electron chi connectivity index (χ1n) is 8.30. The Kier molecular flexibility index (Phi) is 4.07. The minimum Gasteiger partial charge on any atom is -0.321 e. The number of hydrogen-bond acceptors (Lipinski definition) is 2. The molecule has 0 aliphatic rings. The summed E-state index contributed by atoms with van der Waals surface area (Å²) >= 11 is 0. The topological polar surface area (TPSA) is 51.1 Å². The number of carbonyl (C=O) groups is 2. The summed E-state index contributed by atoms with van der Waals surface area (Å²) in [6.07, 6.45) is 1.73. The number of rotatable bonds is 3. The van der Waals surface area contributed by atoms with E-state index in [2.05, 4.69) is 5.32 Å². The molecule has 0 radical (unpaired) electrons. The van der Waals surface area contributed by atoms with Crippen molar-refractivity contribution in [3.05, 3.63) is 102 Å². The molecule has 0 spiro atoms. The highest BCUT2D eigenvalue weighted by molar-refractivity contribution is 6.10. The van der Waals surface area contributed by atoms with Crippen molar-refractivity contribution in [2.45, 2.75) is 0 Å². The molecule has 0 unspecified atom stereocenters. The third-order valence-electron chi connectivity index (χ3n) is 4.26. The van der Waals surface area contributed by atoms with Crippen LogP contribution < -0.4 is 5.32 Å². The monoisotopic (exact) mass is 340 g/mol. The Hall–Kier alpha value is -3.66. The fourth-order valence-corrected chi connectivity index (χ4v) is 2.96. The van der Waals surface area contributed by atoms with Gasteiger partial charge in [0.2, 0.25) is 0 Å². The highest BCUT2D eigenvalue weighted by Gasteiger charge is 2.14. The van der Waals surface area contributed by atoms with Gasteiger partial charge < -0.3 is 5.32 Å². The minimum atomic E-state index is -0.180. The van der Waals surface area contributed by atoms with Crippen molar-refractivity contribution in [3.63, 3.8) is 0 Å². The lowest BCUT2D eigenvalue weighted by Gasteiger charge is -2.08. The summed E-state index contributed by atoms with van der Waals surface area (Å²) in [4.78, 5) is 25.2. The second-order valence-corrected chi connectivity index (χ2v) is 5.92. The van der Waals surface area contributed by atoms with Crippen molar-refractivity contribution in [1.29, 1.82) is 0 Å². The molecule has 3 aromatic carbocycles. The van der Waals surface area contributed by atoms with Gasteiger partial charge in [0.05, 0.1) is 11.2 Å². The molecule has 1 heterocycles. The van der Waals surface area contributed by atoms with Crippen molar-refractivity contribution in [1.82, 2.24) is 4.57 Å². The van der Waals surface area contributed by atoms with Gasteiger partial charge in [-0.2, -0.15) is 0 Å². The van der Waals surface area contributed by atoms with E-state index in [1.54, 1.807) is 35.0 Å². The maximum absolute atomic E-state index is 12.8. The zero-order valence-corrected chi connectivity index (χ0v) is 13.9. The number of benzene rings is 3. The fraction of sp³-hybridized carbons (Fsp3) is 0. The highest BCUT2D eigenvalue weighted by atomic mass is 16.2. The molecule has 0 atom stereocenters. The zero-order valence-electron chi connectivity index (χ0n) is 13.9. The van der Waals surface area contributed by atoms with Gasteiger partial charge in [-0.25, -0.2) is 0 Å². The van der Waals surface area contributed by atoms with Crippen LogP contribution in [-0.2, 0) is 0 Å². The number of amides is 1. The summed E-state index contributed by atoms with van der Waals surface area (Å²) in [5, 5.41) is 3.75. The average molecular weight is 340 g/mol. The molecule has 26 heavy (non-hydrogen) atoms. The lowest BCUT2D eigenvalue weighted by molar-refractivity contribution is 0.0964. The normalized spacial score (nSPS) is 10.6. The number of nitrogens with one attached hydrogen (secondary N) is 1. The third-order valence-corrected chi connectivity index (χ3v) is 4.26. The standard InChI is InChI=1S/C22H16N2O2/c25-21(16-8-3-1-4-9-16)23-19-12-7-13-20-18(19)14-15-24(20)22(26)17-10-5-2-6-11-17/h1-15H,(H,23,25). The maximum atomic E-state index is 12.8. The number of nitrogens with zero attached hydrogens (tertiary/aromatic N) is 1. The molecule has 1 amide bonds. The minimum absolute atomic E-state index is 0.105. The number of hydrogen-bond donors (Lipinski definition) is 1. The lowest BCUT2D eigenvalue weighted by atomic mass is 10.1. The predicted octanol–water partition coefficient (Wildman–Crippen LogP) is 4.58. The second kappa shape index (κ2) is 6.69. The van der Waals surface area contributed by atoms with E-state index in [9.17, 15) is 9.59 Å². The SMILES string of the molecule is O=C(Nc1cccc2c1ccn2C(=O)c1ccccc1)c1ccccc1.